The summed E-state index contributed by atoms with van der Waals surface area (Å²) >= 11 is 0. The van der Waals surface area contributed by atoms with Gasteiger partial charge in [-0.05, 0) is 50.5 Å². The largest absolute Gasteiger partial charge is 0.342 e. The molecule has 1 spiro atoms. The second kappa shape index (κ2) is 6.47. The Bertz CT molecular complexity index is 682. The predicted octanol–water partition coefficient (Wildman–Crippen LogP) is 3.14. The Morgan fingerprint density at radius 3 is 2.84 bits per heavy atom. The van der Waals surface area contributed by atoms with Crippen molar-refractivity contribution in [1.82, 2.24) is 9.80 Å². The summed E-state index contributed by atoms with van der Waals surface area (Å²) in [6.45, 7) is 5.02. The maximum absolute atomic E-state index is 13.2. The number of piperidine rings is 1. The average Bonchev–Trinajstić information content (AvgIpc) is 3.29. The van der Waals surface area contributed by atoms with Gasteiger partial charge in [0.15, 0.2) is 0 Å². The van der Waals surface area contributed by atoms with Gasteiger partial charge in [-0.15, -0.1) is 0 Å². The average molecular weight is 340 g/mol. The first-order valence-corrected chi connectivity index (χ1v) is 9.68. The van der Waals surface area contributed by atoms with Crippen LogP contribution in [0.15, 0.2) is 24.3 Å². The third-order valence-corrected chi connectivity index (χ3v) is 6.15. The summed E-state index contributed by atoms with van der Waals surface area (Å²) in [4.78, 5) is 29.7. The van der Waals surface area contributed by atoms with E-state index in [1.54, 1.807) is 0 Å². The Balaban J connectivity index is 1.43. The molecule has 0 bridgehead atoms. The molecule has 3 fully saturated rings. The SMILES string of the molecule is Cc1cccc(CN2CCCC3(CCN(C(=O)CC4CC4)C3)C2=O)c1. The Hall–Kier alpha value is -1.84. The molecule has 4 rings (SSSR count). The molecule has 1 aromatic rings. The fourth-order valence-corrected chi connectivity index (χ4v) is 4.50. The molecule has 4 nitrogen and oxygen atoms in total. The molecule has 2 aliphatic heterocycles. The van der Waals surface area contributed by atoms with Crippen LogP contribution in [0.2, 0.25) is 0 Å². The van der Waals surface area contributed by atoms with Gasteiger partial charge in [-0.1, -0.05) is 29.8 Å². The van der Waals surface area contributed by atoms with Gasteiger partial charge in [0, 0.05) is 32.6 Å². The number of hydrogen-bond donors (Lipinski definition) is 0. The lowest BCUT2D eigenvalue weighted by Gasteiger charge is -2.39. The van der Waals surface area contributed by atoms with Crippen LogP contribution in [0.3, 0.4) is 0 Å². The standard InChI is InChI=1S/C21H28N2O2/c1-16-4-2-5-18(12-16)14-22-10-3-8-21(20(22)25)9-11-23(15-21)19(24)13-17-6-7-17/h2,4-5,12,17H,3,6-11,13-15H2,1H3. The minimum Gasteiger partial charge on any atom is -0.342 e. The van der Waals surface area contributed by atoms with Crippen molar-refractivity contribution >= 4 is 11.8 Å². The summed E-state index contributed by atoms with van der Waals surface area (Å²) in [6, 6.07) is 8.41. The molecule has 1 saturated carbocycles. The van der Waals surface area contributed by atoms with E-state index >= 15 is 0 Å². The number of aryl methyl sites for hydroxylation is 1. The summed E-state index contributed by atoms with van der Waals surface area (Å²) < 4.78 is 0. The van der Waals surface area contributed by atoms with Crippen LogP contribution in [0.5, 0.6) is 0 Å². The topological polar surface area (TPSA) is 40.6 Å². The maximum Gasteiger partial charge on any atom is 0.230 e. The molecule has 1 aliphatic carbocycles. The normalized spacial score (nSPS) is 26.5. The summed E-state index contributed by atoms with van der Waals surface area (Å²) in [5, 5.41) is 0. The molecule has 4 heteroatoms. The minimum atomic E-state index is -0.318. The van der Waals surface area contributed by atoms with E-state index in [0.717, 1.165) is 32.4 Å². The number of amides is 2. The van der Waals surface area contributed by atoms with Crippen molar-refractivity contribution in [2.45, 2.75) is 52.0 Å². The highest BCUT2D eigenvalue weighted by Gasteiger charge is 2.49. The summed E-state index contributed by atoms with van der Waals surface area (Å²) in [6.07, 6.45) is 5.91. The highest BCUT2D eigenvalue weighted by atomic mass is 16.2. The van der Waals surface area contributed by atoms with Crippen LogP contribution in [0.1, 0.15) is 49.7 Å². The van der Waals surface area contributed by atoms with Crippen molar-refractivity contribution < 1.29 is 9.59 Å². The number of hydrogen-bond acceptors (Lipinski definition) is 2. The van der Waals surface area contributed by atoms with E-state index in [1.165, 1.54) is 24.0 Å². The van der Waals surface area contributed by atoms with Gasteiger partial charge >= 0.3 is 0 Å². The predicted molar refractivity (Wildman–Crippen MR) is 96.8 cm³/mol. The zero-order valence-corrected chi connectivity index (χ0v) is 15.2. The zero-order chi connectivity index (χ0) is 17.4. The Kier molecular flexibility index (Phi) is 4.30. The third kappa shape index (κ3) is 3.44. The molecule has 1 unspecified atom stereocenters. The molecule has 0 N–H and O–H groups in total. The summed E-state index contributed by atoms with van der Waals surface area (Å²) in [5.41, 5.74) is 2.11. The molecule has 25 heavy (non-hydrogen) atoms. The van der Waals surface area contributed by atoms with Crippen molar-refractivity contribution in [1.29, 1.82) is 0 Å². The van der Waals surface area contributed by atoms with Gasteiger partial charge in [-0.3, -0.25) is 9.59 Å². The Morgan fingerprint density at radius 2 is 2.08 bits per heavy atom. The van der Waals surface area contributed by atoms with Crippen LogP contribution in [0.4, 0.5) is 0 Å². The van der Waals surface area contributed by atoms with E-state index in [0.29, 0.717) is 25.4 Å². The van der Waals surface area contributed by atoms with E-state index in [2.05, 4.69) is 31.2 Å². The number of nitrogens with zero attached hydrogens (tertiary/aromatic N) is 2. The first kappa shape index (κ1) is 16.6. The Morgan fingerprint density at radius 1 is 1.24 bits per heavy atom. The number of rotatable bonds is 4. The van der Waals surface area contributed by atoms with Crippen LogP contribution < -0.4 is 0 Å². The molecule has 2 amide bonds. The second-order valence-electron chi connectivity index (χ2n) is 8.31. The minimum absolute atomic E-state index is 0.266. The molecule has 0 aromatic heterocycles. The maximum atomic E-state index is 13.2. The summed E-state index contributed by atoms with van der Waals surface area (Å²) in [7, 11) is 0. The lowest BCUT2D eigenvalue weighted by atomic mass is 9.78. The molecule has 3 aliphatic rings. The lowest BCUT2D eigenvalue weighted by Crippen LogP contribution is -2.50. The molecule has 2 heterocycles. The van der Waals surface area contributed by atoms with Gasteiger partial charge < -0.3 is 9.80 Å². The molecule has 2 saturated heterocycles. The first-order valence-electron chi connectivity index (χ1n) is 9.68. The fraction of sp³-hybridized carbons (Fsp3) is 0.619. The van der Waals surface area contributed by atoms with Crippen molar-refractivity contribution in [2.75, 3.05) is 19.6 Å². The van der Waals surface area contributed by atoms with Crippen molar-refractivity contribution in [3.05, 3.63) is 35.4 Å². The van der Waals surface area contributed by atoms with E-state index in [4.69, 9.17) is 0 Å². The van der Waals surface area contributed by atoms with Crippen LogP contribution >= 0.6 is 0 Å². The van der Waals surface area contributed by atoms with Gasteiger partial charge in [-0.25, -0.2) is 0 Å². The van der Waals surface area contributed by atoms with Crippen LogP contribution in [-0.4, -0.2) is 41.2 Å². The highest BCUT2D eigenvalue weighted by molar-refractivity contribution is 5.86. The molecule has 1 aromatic carbocycles. The quantitative estimate of drug-likeness (QED) is 0.845. The van der Waals surface area contributed by atoms with Gasteiger partial charge in [0.2, 0.25) is 11.8 Å². The third-order valence-electron chi connectivity index (χ3n) is 6.15. The molecule has 134 valence electrons. The molecular formula is C21H28N2O2. The summed E-state index contributed by atoms with van der Waals surface area (Å²) in [5.74, 6) is 1.15. The smallest absolute Gasteiger partial charge is 0.230 e. The van der Waals surface area contributed by atoms with E-state index in [-0.39, 0.29) is 17.2 Å². The van der Waals surface area contributed by atoms with Crippen molar-refractivity contribution in [3.8, 4) is 0 Å². The molecule has 1 atom stereocenters. The van der Waals surface area contributed by atoms with Gasteiger partial charge in [0.25, 0.3) is 0 Å². The lowest BCUT2D eigenvalue weighted by molar-refractivity contribution is -0.146. The van der Waals surface area contributed by atoms with Crippen LogP contribution in [-0.2, 0) is 16.1 Å². The van der Waals surface area contributed by atoms with Gasteiger partial charge in [-0.2, -0.15) is 0 Å². The highest BCUT2D eigenvalue weighted by Crippen LogP contribution is 2.41. The fourth-order valence-electron chi connectivity index (χ4n) is 4.50. The van der Waals surface area contributed by atoms with Crippen LogP contribution in [0.25, 0.3) is 0 Å². The van der Waals surface area contributed by atoms with Gasteiger partial charge in [0.05, 0.1) is 5.41 Å². The number of likely N-dealkylation sites (tertiary alicyclic amines) is 2. The number of benzene rings is 1. The van der Waals surface area contributed by atoms with E-state index < -0.39 is 0 Å². The molecule has 0 radical (unpaired) electrons. The monoisotopic (exact) mass is 340 g/mol. The van der Waals surface area contributed by atoms with E-state index in [1.807, 2.05) is 9.80 Å². The molecular weight excluding hydrogens is 312 g/mol. The first-order chi connectivity index (χ1) is 12.1. The second-order valence-corrected chi connectivity index (χ2v) is 8.31. The van der Waals surface area contributed by atoms with Crippen molar-refractivity contribution in [2.24, 2.45) is 11.3 Å². The number of carbonyl (C=O) groups is 2. The van der Waals surface area contributed by atoms with Crippen molar-refractivity contribution in [3.63, 3.8) is 0 Å². The number of carbonyl (C=O) groups excluding carboxylic acids is 2. The zero-order valence-electron chi connectivity index (χ0n) is 15.2. The van der Waals surface area contributed by atoms with E-state index in [9.17, 15) is 9.59 Å². The Labute approximate surface area is 150 Å². The van der Waals surface area contributed by atoms with Crippen LogP contribution in [0, 0.1) is 18.3 Å². The van der Waals surface area contributed by atoms with Gasteiger partial charge in [0.1, 0.15) is 0 Å².